The molecule has 0 bridgehead atoms. The van der Waals surface area contributed by atoms with Crippen molar-refractivity contribution in [3.63, 3.8) is 0 Å². The van der Waals surface area contributed by atoms with Crippen molar-refractivity contribution < 1.29 is 22.4 Å². The Morgan fingerprint density at radius 2 is 1.16 bits per heavy atom. The highest BCUT2D eigenvalue weighted by Crippen LogP contribution is 2.31. The van der Waals surface area contributed by atoms with Crippen molar-refractivity contribution in [2.75, 3.05) is 0 Å². The molecule has 0 saturated heterocycles. The third kappa shape index (κ3) is 7.40. The summed E-state index contributed by atoms with van der Waals surface area (Å²) in [4.78, 5) is -0.0946. The van der Waals surface area contributed by atoms with Gasteiger partial charge in [0.1, 0.15) is 29.6 Å². The molecule has 0 fully saturated rings. The molecule has 0 amide bonds. The van der Waals surface area contributed by atoms with E-state index in [9.17, 15) is 13.0 Å². The van der Waals surface area contributed by atoms with Gasteiger partial charge in [0.15, 0.2) is 0 Å². The van der Waals surface area contributed by atoms with Gasteiger partial charge < -0.3 is 9.47 Å². The van der Waals surface area contributed by atoms with Crippen LogP contribution in [0.25, 0.3) is 0 Å². The lowest BCUT2D eigenvalue weighted by Gasteiger charge is -2.12. The average molecular weight is 1000 g/mol. The molecule has 0 aliphatic carbocycles. The molecule has 0 aliphatic rings. The smallest absolute Gasteiger partial charge is 0.296 e. The minimum atomic E-state index is -4.27. The Balaban J connectivity index is 1.63. The number of rotatable bonds is 7. The maximum atomic E-state index is 11.5. The minimum Gasteiger partial charge on any atom is -0.489 e. The van der Waals surface area contributed by atoms with Crippen LogP contribution in [0, 0.1) is 17.9 Å². The molecule has 0 spiro atoms. The fourth-order valence-electron chi connectivity index (χ4n) is 2.59. The molecular formula is C20H13I5O5S. The van der Waals surface area contributed by atoms with Gasteiger partial charge in [-0.15, -0.1) is 0 Å². The SMILES string of the molecule is O=S(=O)(O)c1c(I)cc(OCc2ccc(COc3c(I)cc(I)cc3I)cc2)cc1I. The number of hydrogen-bond acceptors (Lipinski definition) is 4. The Labute approximate surface area is 248 Å². The molecular weight excluding hydrogens is 987 g/mol. The number of halogens is 5. The average Bonchev–Trinajstić information content (AvgIpc) is 2.64. The lowest BCUT2D eigenvalue weighted by Crippen LogP contribution is -2.05. The van der Waals surface area contributed by atoms with Gasteiger partial charge in [0.2, 0.25) is 0 Å². The van der Waals surface area contributed by atoms with Crippen LogP contribution in [-0.2, 0) is 23.3 Å². The summed E-state index contributed by atoms with van der Waals surface area (Å²) in [6.07, 6.45) is 0. The number of benzene rings is 3. The van der Waals surface area contributed by atoms with Gasteiger partial charge in [-0.05, 0) is 148 Å². The van der Waals surface area contributed by atoms with Crippen LogP contribution in [-0.4, -0.2) is 13.0 Å². The Morgan fingerprint density at radius 3 is 1.61 bits per heavy atom. The summed E-state index contributed by atoms with van der Waals surface area (Å²) >= 11 is 10.6. The molecule has 164 valence electrons. The molecule has 5 nitrogen and oxygen atoms in total. The molecule has 0 atom stereocenters. The monoisotopic (exact) mass is 1000 g/mol. The maximum Gasteiger partial charge on any atom is 0.296 e. The molecule has 0 aromatic heterocycles. The van der Waals surface area contributed by atoms with Crippen LogP contribution in [0.2, 0.25) is 0 Å². The summed E-state index contributed by atoms with van der Waals surface area (Å²) in [6.45, 7) is 0.812. The zero-order valence-electron chi connectivity index (χ0n) is 15.4. The van der Waals surface area contributed by atoms with E-state index < -0.39 is 10.1 Å². The number of hydrogen-bond donors (Lipinski definition) is 1. The summed E-state index contributed by atoms with van der Waals surface area (Å²) in [7, 11) is -4.27. The van der Waals surface area contributed by atoms with Gasteiger partial charge in [0.25, 0.3) is 10.1 Å². The van der Waals surface area contributed by atoms with Gasteiger partial charge in [-0.2, -0.15) is 8.42 Å². The standard InChI is InChI=1S/C20H13I5O5S/c21-13-5-15(22)19(16(23)6-13)30-10-12-3-1-11(2-4-12)9-29-14-7-17(24)20(18(25)8-14)31(26,27)28/h1-8H,9-10H2,(H,26,27,28). The Morgan fingerprint density at radius 1 is 0.710 bits per heavy atom. The van der Waals surface area contributed by atoms with E-state index >= 15 is 0 Å². The molecule has 3 rings (SSSR count). The van der Waals surface area contributed by atoms with Crippen LogP contribution < -0.4 is 9.47 Å². The van der Waals surface area contributed by atoms with Gasteiger partial charge in [-0.1, -0.05) is 24.3 Å². The molecule has 0 saturated carbocycles. The summed E-state index contributed by atoms with van der Waals surface area (Å²) in [5.74, 6) is 1.43. The fourth-order valence-corrected chi connectivity index (χ4v) is 10.5. The van der Waals surface area contributed by atoms with Gasteiger partial charge in [0, 0.05) is 10.7 Å². The van der Waals surface area contributed by atoms with Crippen molar-refractivity contribution in [1.29, 1.82) is 0 Å². The first-order valence-electron chi connectivity index (χ1n) is 8.49. The first kappa shape index (κ1) is 26.4. The Hall–Kier alpha value is 0.820. The molecule has 3 aromatic carbocycles. The first-order valence-corrected chi connectivity index (χ1v) is 15.3. The van der Waals surface area contributed by atoms with E-state index in [-0.39, 0.29) is 4.90 Å². The van der Waals surface area contributed by atoms with Crippen molar-refractivity contribution in [3.05, 3.63) is 77.5 Å². The third-order valence-corrected chi connectivity index (χ3v) is 9.62. The van der Waals surface area contributed by atoms with Crippen molar-refractivity contribution in [1.82, 2.24) is 0 Å². The van der Waals surface area contributed by atoms with Gasteiger partial charge >= 0.3 is 0 Å². The largest absolute Gasteiger partial charge is 0.489 e. The maximum absolute atomic E-state index is 11.5. The molecule has 0 radical (unpaired) electrons. The van der Waals surface area contributed by atoms with Crippen LogP contribution in [0.15, 0.2) is 53.4 Å². The van der Waals surface area contributed by atoms with Gasteiger partial charge in [-0.3, -0.25) is 4.55 Å². The summed E-state index contributed by atoms with van der Waals surface area (Å²) in [5, 5.41) is 0. The molecule has 1 N–H and O–H groups in total. The van der Waals surface area contributed by atoms with Crippen LogP contribution in [0.4, 0.5) is 0 Å². The first-order chi connectivity index (χ1) is 14.5. The normalized spacial score (nSPS) is 11.4. The Kier molecular flexibility index (Phi) is 9.80. The second kappa shape index (κ2) is 11.5. The molecule has 31 heavy (non-hydrogen) atoms. The predicted octanol–water partition coefficient (Wildman–Crippen LogP) is 7.11. The molecule has 11 heteroatoms. The summed E-state index contributed by atoms with van der Waals surface area (Å²) in [5.41, 5.74) is 2.03. The predicted molar refractivity (Wildman–Crippen MR) is 161 cm³/mol. The highest BCUT2D eigenvalue weighted by molar-refractivity contribution is 14.1. The van der Waals surface area contributed by atoms with E-state index in [0.717, 1.165) is 24.0 Å². The molecule has 3 aromatic rings. The topological polar surface area (TPSA) is 72.8 Å². The molecule has 0 unspecified atom stereocenters. The lowest BCUT2D eigenvalue weighted by molar-refractivity contribution is 0.299. The molecule has 0 aliphatic heterocycles. The Bertz CT molecular complexity index is 1170. The van der Waals surface area contributed by atoms with E-state index in [2.05, 4.69) is 79.9 Å². The van der Waals surface area contributed by atoms with Crippen LogP contribution in [0.5, 0.6) is 11.5 Å². The highest BCUT2D eigenvalue weighted by Gasteiger charge is 2.19. The lowest BCUT2D eigenvalue weighted by atomic mass is 10.1. The van der Waals surface area contributed by atoms with Gasteiger partial charge in [-0.25, -0.2) is 0 Å². The van der Waals surface area contributed by atoms with Crippen LogP contribution in [0.1, 0.15) is 11.1 Å². The molecule has 0 heterocycles. The van der Waals surface area contributed by atoms with Crippen molar-refractivity contribution in [2.24, 2.45) is 0 Å². The second-order valence-electron chi connectivity index (χ2n) is 6.28. The van der Waals surface area contributed by atoms with Crippen LogP contribution in [0.3, 0.4) is 0 Å². The van der Waals surface area contributed by atoms with E-state index in [4.69, 9.17) is 9.47 Å². The second-order valence-corrected chi connectivity index (χ2v) is 13.5. The van der Waals surface area contributed by atoms with E-state index in [1.165, 1.54) is 3.57 Å². The fraction of sp³-hybridized carbons (Fsp3) is 0.100. The third-order valence-electron chi connectivity index (χ3n) is 4.00. The number of ether oxygens (including phenoxy) is 2. The van der Waals surface area contributed by atoms with Crippen molar-refractivity contribution in [3.8, 4) is 11.5 Å². The minimum absolute atomic E-state index is 0.0946. The van der Waals surface area contributed by atoms with E-state index in [1.54, 1.807) is 12.1 Å². The summed E-state index contributed by atoms with van der Waals surface area (Å²) in [6, 6.07) is 15.3. The quantitative estimate of drug-likeness (QED) is 0.202. The van der Waals surface area contributed by atoms with Crippen molar-refractivity contribution in [2.45, 2.75) is 18.1 Å². The zero-order valence-corrected chi connectivity index (χ0v) is 27.0. The highest BCUT2D eigenvalue weighted by atomic mass is 127. The van der Waals surface area contributed by atoms with E-state index in [1.807, 2.05) is 69.4 Å². The van der Waals surface area contributed by atoms with Crippen molar-refractivity contribution >= 4 is 123 Å². The summed E-state index contributed by atoms with van der Waals surface area (Å²) < 4.78 is 48.3. The van der Waals surface area contributed by atoms with Gasteiger partial charge in [0.05, 0.1) is 7.14 Å². The zero-order chi connectivity index (χ0) is 22.8. The van der Waals surface area contributed by atoms with E-state index in [0.29, 0.717) is 26.1 Å². The van der Waals surface area contributed by atoms with Crippen LogP contribution >= 0.6 is 113 Å².